The van der Waals surface area contributed by atoms with E-state index in [1.807, 2.05) is 0 Å². The second-order valence-corrected chi connectivity index (χ2v) is 18.4. The highest BCUT2D eigenvalue weighted by atomic mass is 28.4. The summed E-state index contributed by atoms with van der Waals surface area (Å²) in [6, 6.07) is 0. The summed E-state index contributed by atoms with van der Waals surface area (Å²) in [5, 5.41) is 23.1. The first kappa shape index (κ1) is 35.3. The van der Waals surface area contributed by atoms with Crippen LogP contribution in [0, 0.1) is 11.3 Å². The highest BCUT2D eigenvalue weighted by Crippen LogP contribution is 2.47. The highest BCUT2D eigenvalue weighted by Gasteiger charge is 2.57. The van der Waals surface area contributed by atoms with Gasteiger partial charge in [0.2, 0.25) is 5.79 Å². The maximum absolute atomic E-state index is 13.4. The Bertz CT molecular complexity index is 957. The summed E-state index contributed by atoms with van der Waals surface area (Å²) in [6.45, 7) is 14.0. The number of allylic oxidation sites excluding steroid dienone is 1. The van der Waals surface area contributed by atoms with E-state index in [1.165, 1.54) is 25.3 Å². The fourth-order valence-corrected chi connectivity index (χ4v) is 6.16. The van der Waals surface area contributed by atoms with Gasteiger partial charge in [-0.05, 0) is 49.0 Å². The molecule has 1 aliphatic heterocycles. The quantitative estimate of drug-likeness (QED) is 0.111. The van der Waals surface area contributed by atoms with Crippen molar-refractivity contribution < 1.29 is 43.2 Å². The predicted molar refractivity (Wildman–Crippen MR) is 158 cm³/mol. The fourth-order valence-electron chi connectivity index (χ4n) is 5.12. The van der Waals surface area contributed by atoms with Crippen LogP contribution in [-0.2, 0) is 33.0 Å². The molecule has 0 aromatic rings. The number of carbonyl (C=O) groups is 3. The fraction of sp³-hybridized carbons (Fsp3) is 0.774. The lowest BCUT2D eigenvalue weighted by Crippen LogP contribution is -2.62. The SMILES string of the molecule is COC(=O)/C=C1\C[C@@H](C[C@@H](O)CO[Si](C)(C)C(C)(C)C)O[C@@](O)(C(C)(C)/C=C/C=O)[C@H]1OC(=O)C1CCCCCC1. The van der Waals surface area contributed by atoms with Gasteiger partial charge in [-0.15, -0.1) is 0 Å². The smallest absolute Gasteiger partial charge is 0.330 e. The van der Waals surface area contributed by atoms with E-state index in [1.54, 1.807) is 13.8 Å². The molecule has 0 radical (unpaired) electrons. The number of aliphatic hydroxyl groups excluding tert-OH is 1. The normalized spacial score (nSPS) is 26.9. The Labute approximate surface area is 246 Å². The molecule has 0 unspecified atom stereocenters. The van der Waals surface area contributed by atoms with Crippen molar-refractivity contribution in [2.24, 2.45) is 11.3 Å². The molecule has 9 nitrogen and oxygen atoms in total. The molecule has 4 atom stereocenters. The molecule has 2 aliphatic rings. The second kappa shape index (κ2) is 14.6. The average Bonchev–Trinajstić information content (AvgIpc) is 3.17. The number of carbonyl (C=O) groups excluding carboxylic acids is 3. The highest BCUT2D eigenvalue weighted by molar-refractivity contribution is 6.74. The molecule has 2 fully saturated rings. The number of hydrogen-bond donors (Lipinski definition) is 2. The van der Waals surface area contributed by atoms with Gasteiger partial charge in [0.25, 0.3) is 0 Å². The van der Waals surface area contributed by atoms with E-state index >= 15 is 0 Å². The van der Waals surface area contributed by atoms with Gasteiger partial charge in [-0.2, -0.15) is 0 Å². The number of methoxy groups -OCH3 is 1. The Morgan fingerprint density at radius 2 is 1.73 bits per heavy atom. The molecule has 0 spiro atoms. The summed E-state index contributed by atoms with van der Waals surface area (Å²) < 4.78 is 23.4. The van der Waals surface area contributed by atoms with Crippen LogP contribution in [0.3, 0.4) is 0 Å². The molecule has 1 saturated heterocycles. The first-order chi connectivity index (χ1) is 19.0. The van der Waals surface area contributed by atoms with Crippen molar-refractivity contribution in [3.05, 3.63) is 23.8 Å². The maximum Gasteiger partial charge on any atom is 0.330 e. The zero-order valence-electron chi connectivity index (χ0n) is 26.2. The molecule has 1 heterocycles. The molecule has 41 heavy (non-hydrogen) atoms. The van der Waals surface area contributed by atoms with Crippen molar-refractivity contribution in [2.75, 3.05) is 13.7 Å². The number of ether oxygens (including phenoxy) is 3. The topological polar surface area (TPSA) is 129 Å². The summed E-state index contributed by atoms with van der Waals surface area (Å²) in [4.78, 5) is 37.1. The van der Waals surface area contributed by atoms with Gasteiger partial charge in [0.1, 0.15) is 6.29 Å². The van der Waals surface area contributed by atoms with Gasteiger partial charge < -0.3 is 28.8 Å². The number of esters is 2. The molecule has 2 N–H and O–H groups in total. The Kier molecular flexibility index (Phi) is 12.5. The molecule has 1 saturated carbocycles. The molecule has 234 valence electrons. The van der Waals surface area contributed by atoms with Crippen LogP contribution in [0.15, 0.2) is 23.8 Å². The number of aldehydes is 1. The Balaban J connectivity index is 2.43. The van der Waals surface area contributed by atoms with Crippen LogP contribution in [-0.4, -0.2) is 74.6 Å². The average molecular weight is 597 g/mol. The van der Waals surface area contributed by atoms with Crippen LogP contribution in [0.2, 0.25) is 18.1 Å². The number of aliphatic hydroxyl groups is 2. The van der Waals surface area contributed by atoms with Gasteiger partial charge in [-0.25, -0.2) is 4.79 Å². The minimum Gasteiger partial charge on any atom is -0.466 e. The predicted octanol–water partition coefficient (Wildman–Crippen LogP) is 5.00. The van der Waals surface area contributed by atoms with E-state index < -0.39 is 49.8 Å². The van der Waals surface area contributed by atoms with Crippen molar-refractivity contribution in [2.45, 2.75) is 128 Å². The molecule has 0 bridgehead atoms. The third-order valence-electron chi connectivity index (χ3n) is 8.92. The van der Waals surface area contributed by atoms with E-state index in [0.29, 0.717) is 24.7 Å². The Morgan fingerprint density at radius 3 is 2.27 bits per heavy atom. The molecule has 0 aromatic heterocycles. The molecule has 2 rings (SSSR count). The van der Waals surface area contributed by atoms with E-state index in [2.05, 4.69) is 33.9 Å². The third-order valence-corrected chi connectivity index (χ3v) is 13.4. The summed E-state index contributed by atoms with van der Waals surface area (Å²) >= 11 is 0. The van der Waals surface area contributed by atoms with E-state index in [4.69, 9.17) is 18.6 Å². The number of rotatable bonds is 11. The van der Waals surface area contributed by atoms with E-state index in [9.17, 15) is 24.6 Å². The zero-order valence-corrected chi connectivity index (χ0v) is 27.2. The van der Waals surface area contributed by atoms with Crippen molar-refractivity contribution in [3.63, 3.8) is 0 Å². The lowest BCUT2D eigenvalue weighted by Gasteiger charge is -2.51. The van der Waals surface area contributed by atoms with E-state index in [0.717, 1.165) is 25.7 Å². The standard InChI is InChI=1S/C31H52O9Si/c1-29(2,3)41(7,8)38-21-24(33)20-25-18-23(19-26(34)37-6)27(31(36,40-25)30(4,5)16-13-17-32)39-28(35)22-14-11-9-10-12-15-22/h13,16-17,19,22,24-25,27,33,36H,9-12,14-15,18,20-21H2,1-8H3/b16-13+,23-19+/t24-,25+,27+,31-/m1/s1. The Hall–Kier alpha value is -1.85. The van der Waals surface area contributed by atoms with Crippen LogP contribution >= 0.6 is 0 Å². The molecule has 10 heteroatoms. The summed E-state index contributed by atoms with van der Waals surface area (Å²) in [5.74, 6) is -3.59. The summed E-state index contributed by atoms with van der Waals surface area (Å²) in [5.41, 5.74) is -0.915. The molecule has 0 amide bonds. The number of hydrogen-bond acceptors (Lipinski definition) is 9. The largest absolute Gasteiger partial charge is 0.466 e. The van der Waals surface area contributed by atoms with Gasteiger partial charge in [-0.3, -0.25) is 9.59 Å². The molecular formula is C31H52O9Si. The maximum atomic E-state index is 13.4. The van der Waals surface area contributed by atoms with Crippen LogP contribution in [0.25, 0.3) is 0 Å². The van der Waals surface area contributed by atoms with Gasteiger partial charge in [-0.1, -0.05) is 66.4 Å². The molecule has 1 aliphatic carbocycles. The lowest BCUT2D eigenvalue weighted by molar-refractivity contribution is -0.327. The Morgan fingerprint density at radius 1 is 1.12 bits per heavy atom. The third kappa shape index (κ3) is 9.32. The van der Waals surface area contributed by atoms with E-state index in [-0.39, 0.29) is 30.4 Å². The van der Waals surface area contributed by atoms with Crippen LogP contribution in [0.1, 0.15) is 86.0 Å². The zero-order chi connectivity index (χ0) is 31.1. The minimum atomic E-state index is -2.16. The molecular weight excluding hydrogens is 544 g/mol. The van der Waals surface area contributed by atoms with Gasteiger partial charge in [0.15, 0.2) is 14.4 Å². The van der Waals surface area contributed by atoms with Crippen LogP contribution in [0.4, 0.5) is 0 Å². The van der Waals surface area contributed by atoms with Gasteiger partial charge in [0.05, 0.1) is 31.8 Å². The van der Waals surface area contributed by atoms with Crippen molar-refractivity contribution in [1.29, 1.82) is 0 Å². The second-order valence-electron chi connectivity index (χ2n) is 13.6. The van der Waals surface area contributed by atoms with Gasteiger partial charge >= 0.3 is 11.9 Å². The van der Waals surface area contributed by atoms with Crippen molar-refractivity contribution in [3.8, 4) is 0 Å². The van der Waals surface area contributed by atoms with Crippen molar-refractivity contribution >= 4 is 26.5 Å². The van der Waals surface area contributed by atoms with Gasteiger partial charge in [0, 0.05) is 17.9 Å². The summed E-state index contributed by atoms with van der Waals surface area (Å²) in [7, 11) is -0.875. The molecule has 0 aromatic carbocycles. The van der Waals surface area contributed by atoms with Crippen LogP contribution in [0.5, 0.6) is 0 Å². The monoisotopic (exact) mass is 596 g/mol. The first-order valence-electron chi connectivity index (χ1n) is 14.8. The summed E-state index contributed by atoms with van der Waals surface area (Å²) in [6.07, 6.45) is 7.12. The van der Waals surface area contributed by atoms with Crippen LogP contribution < -0.4 is 0 Å². The first-order valence-corrected chi connectivity index (χ1v) is 17.7. The lowest BCUT2D eigenvalue weighted by atomic mass is 9.74. The minimum absolute atomic E-state index is 0.0336. The van der Waals surface area contributed by atoms with Crippen molar-refractivity contribution in [1.82, 2.24) is 0 Å².